The Balaban J connectivity index is 2.52. The van der Waals surface area contributed by atoms with Crippen LogP contribution in [0.2, 0.25) is 0 Å². The Morgan fingerprint density at radius 3 is 2.32 bits per heavy atom. The molecule has 1 rings (SSSR count). The summed E-state index contributed by atoms with van der Waals surface area (Å²) in [5.41, 5.74) is 2.02. The van der Waals surface area contributed by atoms with Gasteiger partial charge in [0.2, 0.25) is 0 Å². The van der Waals surface area contributed by atoms with Crippen LogP contribution < -0.4 is 10.1 Å². The molecule has 1 amide bonds. The molecule has 0 saturated heterocycles. The van der Waals surface area contributed by atoms with Crippen molar-refractivity contribution < 1.29 is 24.5 Å². The number of aliphatic carboxylic acids is 1. The van der Waals surface area contributed by atoms with Crippen LogP contribution in [-0.2, 0) is 9.59 Å². The van der Waals surface area contributed by atoms with Crippen molar-refractivity contribution in [2.24, 2.45) is 0 Å². The van der Waals surface area contributed by atoms with Gasteiger partial charge in [-0.1, -0.05) is 6.07 Å². The minimum atomic E-state index is -1.31. The van der Waals surface area contributed by atoms with E-state index in [0.29, 0.717) is 5.75 Å². The van der Waals surface area contributed by atoms with Crippen LogP contribution in [0.3, 0.4) is 0 Å². The number of aryl methyl sites for hydroxylation is 2. The van der Waals surface area contributed by atoms with Crippen LogP contribution in [0.15, 0.2) is 18.2 Å². The molecule has 6 heteroatoms. The highest BCUT2D eigenvalue weighted by atomic mass is 16.5. The minimum absolute atomic E-state index is 0.299. The molecule has 6 nitrogen and oxygen atoms in total. The molecule has 104 valence electrons. The van der Waals surface area contributed by atoms with Crippen molar-refractivity contribution in [2.45, 2.75) is 19.9 Å². The van der Waals surface area contributed by atoms with E-state index < -0.39 is 24.5 Å². The molecule has 0 aromatic heterocycles. The molecule has 0 aliphatic heterocycles. The lowest BCUT2D eigenvalue weighted by atomic mass is 10.1. The maximum Gasteiger partial charge on any atom is 0.328 e. The van der Waals surface area contributed by atoms with Gasteiger partial charge in [-0.2, -0.15) is 0 Å². The van der Waals surface area contributed by atoms with Gasteiger partial charge >= 0.3 is 5.97 Å². The van der Waals surface area contributed by atoms with Gasteiger partial charge in [0.25, 0.3) is 5.91 Å². The number of rotatable bonds is 6. The predicted octanol–water partition coefficient (Wildman–Crippen LogP) is 0.244. The number of ether oxygens (including phenoxy) is 1. The van der Waals surface area contributed by atoms with E-state index in [1.807, 2.05) is 19.9 Å². The first-order chi connectivity index (χ1) is 8.92. The highest BCUT2D eigenvalue weighted by Gasteiger charge is 2.18. The normalized spacial score (nSPS) is 11.7. The van der Waals surface area contributed by atoms with E-state index in [1.54, 1.807) is 12.1 Å². The lowest BCUT2D eigenvalue weighted by Crippen LogP contribution is -2.45. The Bertz CT molecular complexity index is 452. The zero-order valence-electron chi connectivity index (χ0n) is 10.8. The number of carboxylic acid groups (broad SMARTS) is 1. The largest absolute Gasteiger partial charge is 0.484 e. The van der Waals surface area contributed by atoms with Gasteiger partial charge in [0, 0.05) is 0 Å². The van der Waals surface area contributed by atoms with Crippen LogP contribution in [0, 0.1) is 13.8 Å². The van der Waals surface area contributed by atoms with Crippen molar-refractivity contribution in [1.29, 1.82) is 0 Å². The molecular weight excluding hydrogens is 250 g/mol. The highest BCUT2D eigenvalue weighted by Crippen LogP contribution is 2.15. The summed E-state index contributed by atoms with van der Waals surface area (Å²) in [4.78, 5) is 22.1. The molecule has 0 saturated carbocycles. The third-order valence-corrected chi connectivity index (χ3v) is 2.38. The lowest BCUT2D eigenvalue weighted by Gasteiger charge is -2.12. The molecule has 0 spiro atoms. The summed E-state index contributed by atoms with van der Waals surface area (Å²) in [5.74, 6) is -1.34. The van der Waals surface area contributed by atoms with Crippen molar-refractivity contribution in [3.63, 3.8) is 0 Å². The Hall–Kier alpha value is -2.08. The van der Waals surface area contributed by atoms with Crippen LogP contribution in [0.4, 0.5) is 0 Å². The number of nitrogens with one attached hydrogen (secondary N) is 1. The molecular formula is C13H17NO5. The second-order valence-corrected chi connectivity index (χ2v) is 4.25. The number of hydrogen-bond donors (Lipinski definition) is 3. The van der Waals surface area contributed by atoms with E-state index in [2.05, 4.69) is 5.32 Å². The number of aliphatic hydroxyl groups is 1. The molecule has 19 heavy (non-hydrogen) atoms. The molecule has 0 heterocycles. The molecule has 1 atom stereocenters. The summed E-state index contributed by atoms with van der Waals surface area (Å²) in [6, 6.07) is 4.22. The maximum absolute atomic E-state index is 11.4. The zero-order valence-corrected chi connectivity index (χ0v) is 10.8. The van der Waals surface area contributed by atoms with Crippen LogP contribution in [0.1, 0.15) is 11.1 Å². The Morgan fingerprint density at radius 1 is 1.26 bits per heavy atom. The fraction of sp³-hybridized carbons (Fsp3) is 0.385. The summed E-state index contributed by atoms with van der Waals surface area (Å²) in [5, 5.41) is 19.6. The average Bonchev–Trinajstić information content (AvgIpc) is 2.32. The quantitative estimate of drug-likeness (QED) is 0.686. The van der Waals surface area contributed by atoms with Gasteiger partial charge in [-0.15, -0.1) is 0 Å². The van der Waals surface area contributed by atoms with Crippen molar-refractivity contribution >= 4 is 11.9 Å². The summed E-state index contributed by atoms with van der Waals surface area (Å²) in [6.07, 6.45) is 0. The monoisotopic (exact) mass is 267 g/mol. The fourth-order valence-corrected chi connectivity index (χ4v) is 1.59. The summed E-state index contributed by atoms with van der Waals surface area (Å²) >= 11 is 0. The van der Waals surface area contributed by atoms with E-state index in [0.717, 1.165) is 11.1 Å². The number of aliphatic hydroxyl groups excluding tert-OH is 1. The summed E-state index contributed by atoms with van der Waals surface area (Å²) < 4.78 is 5.27. The maximum atomic E-state index is 11.4. The molecule has 0 bridgehead atoms. The minimum Gasteiger partial charge on any atom is -0.484 e. The molecule has 0 aliphatic carbocycles. The number of hydrogen-bond acceptors (Lipinski definition) is 4. The Labute approximate surface area is 111 Å². The van der Waals surface area contributed by atoms with Crippen molar-refractivity contribution in [1.82, 2.24) is 5.32 Å². The van der Waals surface area contributed by atoms with Gasteiger partial charge in [0.1, 0.15) is 11.8 Å². The first-order valence-electron chi connectivity index (χ1n) is 5.76. The molecule has 0 unspecified atom stereocenters. The molecule has 0 aliphatic rings. The third kappa shape index (κ3) is 4.97. The zero-order chi connectivity index (χ0) is 14.4. The Morgan fingerprint density at radius 2 is 1.84 bits per heavy atom. The topological polar surface area (TPSA) is 95.9 Å². The SMILES string of the molecule is Cc1cc(C)cc(OCC(=O)N[C@H](CO)C(=O)O)c1. The van der Waals surface area contributed by atoms with E-state index in [-0.39, 0.29) is 6.61 Å². The lowest BCUT2D eigenvalue weighted by molar-refractivity contribution is -0.143. The van der Waals surface area contributed by atoms with Gasteiger partial charge in [0.05, 0.1) is 6.61 Å². The van der Waals surface area contributed by atoms with Crippen LogP contribution in [0.25, 0.3) is 0 Å². The van der Waals surface area contributed by atoms with Gasteiger partial charge in [-0.25, -0.2) is 4.79 Å². The number of benzene rings is 1. The van der Waals surface area contributed by atoms with Crippen LogP contribution in [0.5, 0.6) is 5.75 Å². The number of carboxylic acids is 1. The number of carbonyl (C=O) groups excluding carboxylic acids is 1. The second-order valence-electron chi connectivity index (χ2n) is 4.25. The summed E-state index contributed by atoms with van der Waals surface area (Å²) in [7, 11) is 0. The van der Waals surface area contributed by atoms with Crippen LogP contribution >= 0.6 is 0 Å². The van der Waals surface area contributed by atoms with E-state index in [1.165, 1.54) is 0 Å². The van der Waals surface area contributed by atoms with Gasteiger partial charge < -0.3 is 20.3 Å². The smallest absolute Gasteiger partial charge is 0.328 e. The predicted molar refractivity (Wildman–Crippen MR) is 68.1 cm³/mol. The van der Waals surface area contributed by atoms with Gasteiger partial charge in [-0.3, -0.25) is 4.79 Å². The Kier molecular flexibility index (Phi) is 5.32. The third-order valence-electron chi connectivity index (χ3n) is 2.38. The highest BCUT2D eigenvalue weighted by molar-refractivity contribution is 5.84. The standard InChI is InChI=1S/C13H17NO5/c1-8-3-9(2)5-10(4-8)19-7-12(16)14-11(6-15)13(17)18/h3-5,11,15H,6-7H2,1-2H3,(H,14,16)(H,17,18)/t11-/m1/s1. The molecule has 0 fully saturated rings. The first kappa shape index (κ1) is 15.0. The van der Waals surface area contributed by atoms with Crippen molar-refractivity contribution in [3.8, 4) is 5.75 Å². The van der Waals surface area contributed by atoms with Crippen molar-refractivity contribution in [3.05, 3.63) is 29.3 Å². The number of amides is 1. The molecule has 1 aromatic rings. The molecule has 1 aromatic carbocycles. The van der Waals surface area contributed by atoms with Crippen LogP contribution in [-0.4, -0.2) is 41.3 Å². The van der Waals surface area contributed by atoms with E-state index >= 15 is 0 Å². The van der Waals surface area contributed by atoms with Gasteiger partial charge in [0.15, 0.2) is 6.61 Å². The van der Waals surface area contributed by atoms with E-state index in [9.17, 15) is 9.59 Å². The molecule has 3 N–H and O–H groups in total. The first-order valence-corrected chi connectivity index (χ1v) is 5.76. The fourth-order valence-electron chi connectivity index (χ4n) is 1.59. The molecule has 0 radical (unpaired) electrons. The average molecular weight is 267 g/mol. The van der Waals surface area contributed by atoms with E-state index in [4.69, 9.17) is 14.9 Å². The van der Waals surface area contributed by atoms with Crippen molar-refractivity contribution in [2.75, 3.05) is 13.2 Å². The van der Waals surface area contributed by atoms with Gasteiger partial charge in [-0.05, 0) is 37.1 Å². The summed E-state index contributed by atoms with van der Waals surface area (Å²) in [6.45, 7) is 2.86. The second kappa shape index (κ2) is 6.75. The number of carbonyl (C=O) groups is 2.